The second kappa shape index (κ2) is 3.58. The second-order valence-electron chi connectivity index (χ2n) is 3.11. The van der Waals surface area contributed by atoms with Gasteiger partial charge in [-0.2, -0.15) is 4.39 Å². The SMILES string of the molecule is CCOc1c(C)ccc2sc(F)cc12. The van der Waals surface area contributed by atoms with Gasteiger partial charge >= 0.3 is 0 Å². The summed E-state index contributed by atoms with van der Waals surface area (Å²) < 4.78 is 19.5. The van der Waals surface area contributed by atoms with Crippen LogP contribution in [0, 0.1) is 12.1 Å². The number of thiophene rings is 1. The molecular formula is C11H11FOS. The molecule has 14 heavy (non-hydrogen) atoms. The van der Waals surface area contributed by atoms with Gasteiger partial charge in [-0.15, -0.1) is 11.3 Å². The summed E-state index contributed by atoms with van der Waals surface area (Å²) >= 11 is 1.15. The van der Waals surface area contributed by atoms with E-state index in [2.05, 4.69) is 0 Å². The van der Waals surface area contributed by atoms with Crippen molar-refractivity contribution in [3.63, 3.8) is 0 Å². The average molecular weight is 210 g/mol. The minimum atomic E-state index is -0.161. The van der Waals surface area contributed by atoms with Gasteiger partial charge in [-0.1, -0.05) is 6.07 Å². The Morgan fingerprint density at radius 1 is 1.43 bits per heavy atom. The lowest BCUT2D eigenvalue weighted by Gasteiger charge is -2.07. The van der Waals surface area contributed by atoms with E-state index in [1.54, 1.807) is 0 Å². The number of fused-ring (bicyclic) bond motifs is 1. The van der Waals surface area contributed by atoms with Crippen molar-refractivity contribution >= 4 is 21.4 Å². The molecule has 1 heterocycles. The first-order chi connectivity index (χ1) is 6.72. The van der Waals surface area contributed by atoms with Gasteiger partial charge in [0.1, 0.15) is 5.75 Å². The van der Waals surface area contributed by atoms with Crippen LogP contribution in [0.3, 0.4) is 0 Å². The quantitative estimate of drug-likeness (QED) is 0.733. The van der Waals surface area contributed by atoms with Gasteiger partial charge in [0.15, 0.2) is 5.13 Å². The minimum Gasteiger partial charge on any atom is -0.493 e. The molecular weight excluding hydrogens is 199 g/mol. The normalized spacial score (nSPS) is 10.8. The predicted molar refractivity (Wildman–Crippen MR) is 57.7 cm³/mol. The summed E-state index contributed by atoms with van der Waals surface area (Å²) in [7, 11) is 0. The number of ether oxygens (including phenoxy) is 1. The van der Waals surface area contributed by atoms with Crippen LogP contribution in [0.5, 0.6) is 5.75 Å². The zero-order valence-corrected chi connectivity index (χ0v) is 8.95. The van der Waals surface area contributed by atoms with Gasteiger partial charge in [0.05, 0.1) is 6.61 Å². The maximum absolute atomic E-state index is 13.0. The minimum absolute atomic E-state index is 0.161. The third kappa shape index (κ3) is 1.48. The number of aryl methyl sites for hydroxylation is 1. The molecule has 1 aromatic carbocycles. The molecule has 2 rings (SSSR count). The summed E-state index contributed by atoms with van der Waals surface area (Å²) in [5.41, 5.74) is 1.05. The van der Waals surface area contributed by atoms with Crippen molar-refractivity contribution in [3.05, 3.63) is 28.9 Å². The smallest absolute Gasteiger partial charge is 0.177 e. The van der Waals surface area contributed by atoms with E-state index >= 15 is 0 Å². The van der Waals surface area contributed by atoms with Gasteiger partial charge < -0.3 is 4.74 Å². The van der Waals surface area contributed by atoms with Crippen molar-refractivity contribution in [2.75, 3.05) is 6.61 Å². The molecule has 0 aliphatic carbocycles. The van der Waals surface area contributed by atoms with E-state index in [9.17, 15) is 4.39 Å². The Morgan fingerprint density at radius 2 is 2.21 bits per heavy atom. The first-order valence-corrected chi connectivity index (χ1v) is 5.35. The van der Waals surface area contributed by atoms with Crippen LogP contribution in [0.1, 0.15) is 12.5 Å². The van der Waals surface area contributed by atoms with Crippen LogP contribution in [0.2, 0.25) is 0 Å². The van der Waals surface area contributed by atoms with E-state index in [1.807, 2.05) is 26.0 Å². The highest BCUT2D eigenvalue weighted by Crippen LogP contribution is 2.34. The molecule has 0 saturated heterocycles. The molecule has 1 nitrogen and oxygen atoms in total. The summed E-state index contributed by atoms with van der Waals surface area (Å²) in [6.07, 6.45) is 0. The van der Waals surface area contributed by atoms with Crippen LogP contribution < -0.4 is 4.74 Å². The monoisotopic (exact) mass is 210 g/mol. The Labute approximate surface area is 86.1 Å². The first-order valence-electron chi connectivity index (χ1n) is 4.54. The van der Waals surface area contributed by atoms with E-state index < -0.39 is 0 Å². The fraction of sp³-hybridized carbons (Fsp3) is 0.273. The standard InChI is InChI=1S/C11H11FOS/c1-3-13-11-7(2)4-5-9-8(11)6-10(12)14-9/h4-6H,3H2,1-2H3. The van der Waals surface area contributed by atoms with Gasteiger partial charge in [0, 0.05) is 10.1 Å². The maximum Gasteiger partial charge on any atom is 0.177 e. The molecule has 0 aliphatic heterocycles. The summed E-state index contributed by atoms with van der Waals surface area (Å²) in [6.45, 7) is 4.51. The van der Waals surface area contributed by atoms with E-state index in [4.69, 9.17) is 4.74 Å². The summed E-state index contributed by atoms with van der Waals surface area (Å²) in [5, 5.41) is 0.723. The third-order valence-electron chi connectivity index (χ3n) is 2.11. The molecule has 0 unspecified atom stereocenters. The zero-order chi connectivity index (χ0) is 10.1. The lowest BCUT2D eigenvalue weighted by Crippen LogP contribution is -1.93. The van der Waals surface area contributed by atoms with Gasteiger partial charge in [-0.05, 0) is 31.5 Å². The van der Waals surface area contributed by atoms with Crippen molar-refractivity contribution in [2.24, 2.45) is 0 Å². The number of benzene rings is 1. The van der Waals surface area contributed by atoms with Crippen LogP contribution in [0.15, 0.2) is 18.2 Å². The molecule has 74 valence electrons. The van der Waals surface area contributed by atoms with Crippen molar-refractivity contribution in [2.45, 2.75) is 13.8 Å². The lowest BCUT2D eigenvalue weighted by atomic mass is 10.1. The average Bonchev–Trinajstić information content (AvgIpc) is 2.51. The fourth-order valence-electron chi connectivity index (χ4n) is 1.50. The highest BCUT2D eigenvalue weighted by atomic mass is 32.1. The van der Waals surface area contributed by atoms with Crippen LogP contribution in [-0.4, -0.2) is 6.61 Å². The van der Waals surface area contributed by atoms with E-state index in [-0.39, 0.29) is 5.13 Å². The van der Waals surface area contributed by atoms with Crippen molar-refractivity contribution < 1.29 is 9.13 Å². The Morgan fingerprint density at radius 3 is 2.93 bits per heavy atom. The van der Waals surface area contributed by atoms with Crippen LogP contribution in [0.25, 0.3) is 10.1 Å². The fourth-order valence-corrected chi connectivity index (χ4v) is 2.28. The third-order valence-corrected chi connectivity index (χ3v) is 3.00. The van der Waals surface area contributed by atoms with Gasteiger partial charge in [0.25, 0.3) is 0 Å². The molecule has 0 radical (unpaired) electrons. The Hall–Kier alpha value is -1.09. The lowest BCUT2D eigenvalue weighted by molar-refractivity contribution is 0.342. The van der Waals surface area contributed by atoms with Crippen LogP contribution in [0.4, 0.5) is 4.39 Å². The largest absolute Gasteiger partial charge is 0.493 e. The summed E-state index contributed by atoms with van der Waals surface area (Å²) in [5.74, 6) is 0.810. The van der Waals surface area contributed by atoms with Crippen molar-refractivity contribution in [3.8, 4) is 5.75 Å². The highest BCUT2D eigenvalue weighted by molar-refractivity contribution is 7.17. The van der Waals surface area contributed by atoms with Gasteiger partial charge in [-0.25, -0.2) is 0 Å². The molecule has 0 amide bonds. The van der Waals surface area contributed by atoms with Gasteiger partial charge in [0.2, 0.25) is 0 Å². The summed E-state index contributed by atoms with van der Waals surface area (Å²) in [4.78, 5) is 0. The van der Waals surface area contributed by atoms with E-state index in [0.717, 1.165) is 32.7 Å². The zero-order valence-electron chi connectivity index (χ0n) is 8.13. The highest BCUT2D eigenvalue weighted by Gasteiger charge is 2.09. The molecule has 2 aromatic rings. The number of halogens is 1. The molecule has 0 N–H and O–H groups in total. The van der Waals surface area contributed by atoms with Crippen LogP contribution >= 0.6 is 11.3 Å². The number of rotatable bonds is 2. The predicted octanol–water partition coefficient (Wildman–Crippen LogP) is 3.75. The van der Waals surface area contributed by atoms with Crippen LogP contribution in [-0.2, 0) is 0 Å². The maximum atomic E-state index is 13.0. The second-order valence-corrected chi connectivity index (χ2v) is 4.14. The number of hydrogen-bond acceptors (Lipinski definition) is 2. The summed E-state index contributed by atoms with van der Waals surface area (Å²) in [6, 6.07) is 5.43. The molecule has 0 bridgehead atoms. The molecule has 0 spiro atoms. The molecule has 0 saturated carbocycles. The molecule has 0 fully saturated rings. The van der Waals surface area contributed by atoms with E-state index in [1.165, 1.54) is 6.07 Å². The molecule has 1 aromatic heterocycles. The van der Waals surface area contributed by atoms with Crippen molar-refractivity contribution in [1.82, 2.24) is 0 Å². The molecule has 0 atom stereocenters. The topological polar surface area (TPSA) is 9.23 Å². The molecule has 0 aliphatic rings. The van der Waals surface area contributed by atoms with Gasteiger partial charge in [-0.3, -0.25) is 0 Å². The molecule has 3 heteroatoms. The van der Waals surface area contributed by atoms with Crippen molar-refractivity contribution in [1.29, 1.82) is 0 Å². The first kappa shape index (κ1) is 9.46. The number of hydrogen-bond donors (Lipinski definition) is 0. The van der Waals surface area contributed by atoms with E-state index in [0.29, 0.717) is 6.61 Å². The Balaban J connectivity index is 2.68. The Bertz CT molecular complexity index is 462. The Kier molecular flexibility index (Phi) is 2.42.